The van der Waals surface area contributed by atoms with E-state index in [2.05, 4.69) is 30.9 Å². The van der Waals surface area contributed by atoms with Crippen molar-refractivity contribution in [1.82, 2.24) is 0 Å². The molecule has 0 aromatic heterocycles. The molecular weight excluding hydrogens is 300 g/mol. The summed E-state index contributed by atoms with van der Waals surface area (Å²) >= 11 is 0. The van der Waals surface area contributed by atoms with E-state index in [0.29, 0.717) is 0 Å². The minimum absolute atomic E-state index is 0.270. The Balaban J connectivity index is 2.79. The van der Waals surface area contributed by atoms with Crippen LogP contribution in [0.2, 0.25) is 0 Å². The maximum atomic E-state index is 10.7. The maximum Gasteiger partial charge on any atom is 0.346 e. The molecule has 0 radical (unpaired) electrons. The van der Waals surface area contributed by atoms with Crippen LogP contribution in [0.4, 0.5) is 5.69 Å². The van der Waals surface area contributed by atoms with E-state index in [1.165, 1.54) is 37.4 Å². The monoisotopic (exact) mass is 326 g/mol. The zero-order valence-electron chi connectivity index (χ0n) is 14.5. The summed E-state index contributed by atoms with van der Waals surface area (Å²) in [5, 5.41) is 17.5. The predicted molar refractivity (Wildman–Crippen MR) is 98.8 cm³/mol. The van der Waals surface area contributed by atoms with Crippen LogP contribution >= 0.6 is 0 Å². The second-order valence-electron chi connectivity index (χ2n) is 5.64. The molecule has 0 heterocycles. The number of unbranched alkanes of at least 4 members (excludes halogenated alkanes) is 2. The fourth-order valence-corrected chi connectivity index (χ4v) is 2.28. The van der Waals surface area contributed by atoms with Crippen LogP contribution in [0.25, 0.3) is 6.08 Å². The van der Waals surface area contributed by atoms with Crippen LogP contribution in [-0.2, 0) is 4.79 Å². The minimum atomic E-state index is -1.21. The summed E-state index contributed by atoms with van der Waals surface area (Å²) in [6.45, 7) is 6.54. The number of carboxylic acids is 1. The summed E-state index contributed by atoms with van der Waals surface area (Å²) in [5.41, 5.74) is 1.92. The number of aliphatic carboxylic acids is 1. The lowest BCUT2D eigenvalue weighted by Gasteiger charge is -2.24. The van der Waals surface area contributed by atoms with Crippen molar-refractivity contribution in [3.63, 3.8) is 0 Å². The van der Waals surface area contributed by atoms with Crippen molar-refractivity contribution in [3.05, 3.63) is 47.6 Å². The molecule has 128 valence electrons. The lowest BCUT2D eigenvalue weighted by Crippen LogP contribution is -2.25. The van der Waals surface area contributed by atoms with Crippen molar-refractivity contribution in [2.75, 3.05) is 18.0 Å². The van der Waals surface area contributed by atoms with Crippen molar-refractivity contribution >= 4 is 17.7 Å². The fraction of sp³-hybridized carbons (Fsp3) is 0.400. The molecule has 0 aliphatic carbocycles. The van der Waals surface area contributed by atoms with Gasteiger partial charge in [-0.1, -0.05) is 51.0 Å². The molecule has 4 heteroatoms. The van der Waals surface area contributed by atoms with E-state index in [1.54, 1.807) is 18.2 Å². The predicted octanol–water partition coefficient (Wildman–Crippen LogP) is 4.64. The summed E-state index contributed by atoms with van der Waals surface area (Å²) in [6, 6.07) is 9.87. The van der Waals surface area contributed by atoms with Crippen molar-refractivity contribution in [1.29, 1.82) is 5.26 Å². The quantitative estimate of drug-likeness (QED) is 0.386. The van der Waals surface area contributed by atoms with Crippen LogP contribution in [0.3, 0.4) is 0 Å². The molecule has 0 bridgehead atoms. The number of rotatable bonds is 10. The highest BCUT2D eigenvalue weighted by Gasteiger charge is 2.05. The number of hydrogen-bond donors (Lipinski definition) is 1. The van der Waals surface area contributed by atoms with Crippen molar-refractivity contribution in [2.45, 2.75) is 39.5 Å². The molecule has 0 spiro atoms. The Bertz CT molecular complexity index is 602. The van der Waals surface area contributed by atoms with Gasteiger partial charge in [0.15, 0.2) is 0 Å². The van der Waals surface area contributed by atoms with E-state index in [0.717, 1.165) is 18.7 Å². The van der Waals surface area contributed by atoms with Gasteiger partial charge in [-0.25, -0.2) is 4.79 Å². The van der Waals surface area contributed by atoms with E-state index >= 15 is 0 Å². The first kappa shape index (κ1) is 19.5. The summed E-state index contributed by atoms with van der Waals surface area (Å²) in [5.74, 6) is -1.21. The van der Waals surface area contributed by atoms with E-state index in [-0.39, 0.29) is 5.57 Å². The topological polar surface area (TPSA) is 64.3 Å². The Morgan fingerprint density at radius 2 is 1.75 bits per heavy atom. The molecule has 24 heavy (non-hydrogen) atoms. The molecule has 0 saturated heterocycles. The largest absolute Gasteiger partial charge is 0.477 e. The third kappa shape index (κ3) is 6.70. The highest BCUT2D eigenvalue weighted by molar-refractivity contribution is 5.91. The Morgan fingerprint density at radius 3 is 2.21 bits per heavy atom. The number of carbonyl (C=O) groups is 1. The van der Waals surface area contributed by atoms with Gasteiger partial charge >= 0.3 is 5.97 Å². The zero-order chi connectivity index (χ0) is 17.8. The second-order valence-corrected chi connectivity index (χ2v) is 5.64. The van der Waals surface area contributed by atoms with Gasteiger partial charge in [-0.2, -0.15) is 5.26 Å². The van der Waals surface area contributed by atoms with Gasteiger partial charge in [0.2, 0.25) is 0 Å². The van der Waals surface area contributed by atoms with E-state index < -0.39 is 5.97 Å². The smallest absolute Gasteiger partial charge is 0.346 e. The number of hydrogen-bond acceptors (Lipinski definition) is 3. The number of allylic oxidation sites excluding steroid dienone is 2. The molecule has 1 N–H and O–H groups in total. The first-order chi connectivity index (χ1) is 11.6. The normalized spacial score (nSPS) is 11.5. The highest BCUT2D eigenvalue weighted by atomic mass is 16.4. The third-order valence-electron chi connectivity index (χ3n) is 3.72. The zero-order valence-corrected chi connectivity index (χ0v) is 14.5. The summed E-state index contributed by atoms with van der Waals surface area (Å²) < 4.78 is 0. The number of anilines is 1. The number of nitriles is 1. The van der Waals surface area contributed by atoms with Crippen LogP contribution < -0.4 is 4.90 Å². The number of nitrogens with zero attached hydrogens (tertiary/aromatic N) is 2. The Morgan fingerprint density at radius 1 is 1.17 bits per heavy atom. The van der Waals surface area contributed by atoms with Gasteiger partial charge in [-0.15, -0.1) is 0 Å². The van der Waals surface area contributed by atoms with Crippen LogP contribution in [0.1, 0.15) is 45.1 Å². The lowest BCUT2D eigenvalue weighted by atomic mass is 10.1. The molecule has 0 amide bonds. The summed E-state index contributed by atoms with van der Waals surface area (Å²) in [6.07, 6.45) is 9.43. The van der Waals surface area contributed by atoms with E-state index in [4.69, 9.17) is 10.4 Å². The average Bonchev–Trinajstić information content (AvgIpc) is 2.59. The molecule has 4 nitrogen and oxygen atoms in total. The Labute approximate surface area is 144 Å². The molecule has 0 aliphatic rings. The number of carboxylic acid groups (broad SMARTS) is 1. The van der Waals surface area contributed by atoms with E-state index in [9.17, 15) is 4.79 Å². The molecule has 0 fully saturated rings. The van der Waals surface area contributed by atoms with Crippen LogP contribution in [-0.4, -0.2) is 24.2 Å². The molecular formula is C20H26N2O2. The maximum absolute atomic E-state index is 10.7. The van der Waals surface area contributed by atoms with Gasteiger partial charge in [0.25, 0.3) is 0 Å². The first-order valence-corrected chi connectivity index (χ1v) is 8.49. The molecule has 0 saturated carbocycles. The average molecular weight is 326 g/mol. The molecule has 0 atom stereocenters. The lowest BCUT2D eigenvalue weighted by molar-refractivity contribution is -0.132. The van der Waals surface area contributed by atoms with Crippen molar-refractivity contribution < 1.29 is 9.90 Å². The SMILES string of the molecule is CCCCN(CCCC)c1ccc(/C=C/C=C(\C#N)C(=O)O)cc1. The van der Waals surface area contributed by atoms with Gasteiger partial charge in [-0.3, -0.25) is 0 Å². The van der Waals surface area contributed by atoms with Crippen LogP contribution in [0, 0.1) is 11.3 Å². The Hall–Kier alpha value is -2.54. The van der Waals surface area contributed by atoms with Gasteiger partial charge in [-0.05, 0) is 36.6 Å². The summed E-state index contributed by atoms with van der Waals surface area (Å²) in [4.78, 5) is 13.2. The third-order valence-corrected chi connectivity index (χ3v) is 3.72. The second kappa shape index (κ2) is 11.1. The van der Waals surface area contributed by atoms with Crippen molar-refractivity contribution in [3.8, 4) is 6.07 Å². The summed E-state index contributed by atoms with van der Waals surface area (Å²) in [7, 11) is 0. The highest BCUT2D eigenvalue weighted by Crippen LogP contribution is 2.18. The first-order valence-electron chi connectivity index (χ1n) is 8.49. The van der Waals surface area contributed by atoms with Gasteiger partial charge in [0, 0.05) is 18.8 Å². The molecule has 1 rings (SSSR count). The molecule has 0 aliphatic heterocycles. The van der Waals surface area contributed by atoms with Gasteiger partial charge < -0.3 is 10.0 Å². The van der Waals surface area contributed by atoms with E-state index in [1.807, 2.05) is 12.1 Å². The fourth-order valence-electron chi connectivity index (χ4n) is 2.28. The van der Waals surface area contributed by atoms with Crippen molar-refractivity contribution in [2.24, 2.45) is 0 Å². The molecule has 1 aromatic carbocycles. The Kier molecular flexibility index (Phi) is 8.99. The molecule has 0 unspecified atom stereocenters. The van der Waals surface area contributed by atoms with Gasteiger partial charge in [0.1, 0.15) is 11.6 Å². The molecule has 1 aromatic rings. The standard InChI is InChI=1S/C20H26N2O2/c1-3-5-14-22(15-6-4-2)19-12-10-17(11-13-19)8-7-9-18(16-21)20(23)24/h7-13H,3-6,14-15H2,1-2H3,(H,23,24)/b8-7+,18-9+. The number of benzene rings is 1. The minimum Gasteiger partial charge on any atom is -0.477 e. The van der Waals surface area contributed by atoms with Crippen LogP contribution in [0.15, 0.2) is 42.0 Å². The van der Waals surface area contributed by atoms with Crippen LogP contribution in [0.5, 0.6) is 0 Å². The van der Waals surface area contributed by atoms with Gasteiger partial charge in [0.05, 0.1) is 0 Å².